The third-order valence-corrected chi connectivity index (χ3v) is 6.23. The molecule has 0 aliphatic carbocycles. The summed E-state index contributed by atoms with van der Waals surface area (Å²) in [6.07, 6.45) is 5.94. The number of pyridine rings is 1. The summed E-state index contributed by atoms with van der Waals surface area (Å²) in [6.45, 7) is 4.37. The van der Waals surface area contributed by atoms with E-state index in [0.717, 1.165) is 51.0 Å². The van der Waals surface area contributed by atoms with Crippen LogP contribution in [-0.2, 0) is 17.8 Å². The maximum atomic E-state index is 13.4. The Morgan fingerprint density at radius 1 is 1.11 bits per heavy atom. The molecule has 28 heavy (non-hydrogen) atoms. The first-order valence-corrected chi connectivity index (χ1v) is 10.4. The van der Waals surface area contributed by atoms with Crippen LogP contribution in [0.2, 0.25) is 0 Å². The van der Waals surface area contributed by atoms with E-state index >= 15 is 0 Å². The highest BCUT2D eigenvalue weighted by Crippen LogP contribution is 2.37. The zero-order valence-electron chi connectivity index (χ0n) is 16.4. The monoisotopic (exact) mass is 378 g/mol. The lowest BCUT2D eigenvalue weighted by Gasteiger charge is -2.33. The number of benzene rings is 1. The van der Waals surface area contributed by atoms with Crippen molar-refractivity contribution in [1.29, 1.82) is 0 Å². The molecule has 2 N–H and O–H groups in total. The summed E-state index contributed by atoms with van der Waals surface area (Å²) in [7, 11) is 0. The summed E-state index contributed by atoms with van der Waals surface area (Å²) in [5.74, 6) is 0.219. The molecule has 5 heteroatoms. The van der Waals surface area contributed by atoms with Gasteiger partial charge in [0.2, 0.25) is 5.91 Å². The van der Waals surface area contributed by atoms with Crippen molar-refractivity contribution in [1.82, 2.24) is 20.5 Å². The largest absolute Gasteiger partial charge is 0.335 e. The SMILES string of the molecule is O=C([C@H]1CC2(CCNCC2)CN1)N(CCc1ccccc1)Cc1ccccn1. The Morgan fingerprint density at radius 2 is 1.89 bits per heavy atom. The fourth-order valence-corrected chi connectivity index (χ4v) is 4.51. The van der Waals surface area contributed by atoms with Crippen molar-refractivity contribution in [2.24, 2.45) is 5.41 Å². The predicted octanol–water partition coefficient (Wildman–Crippen LogP) is 2.38. The summed E-state index contributed by atoms with van der Waals surface area (Å²) in [5, 5.41) is 6.98. The molecule has 1 aromatic carbocycles. The lowest BCUT2D eigenvalue weighted by molar-refractivity contribution is -0.134. The van der Waals surface area contributed by atoms with Gasteiger partial charge in [-0.2, -0.15) is 0 Å². The van der Waals surface area contributed by atoms with E-state index in [1.54, 1.807) is 6.20 Å². The van der Waals surface area contributed by atoms with Crippen LogP contribution in [0, 0.1) is 5.41 Å². The van der Waals surface area contributed by atoms with E-state index in [4.69, 9.17) is 0 Å². The third-order valence-electron chi connectivity index (χ3n) is 6.23. The van der Waals surface area contributed by atoms with E-state index in [-0.39, 0.29) is 11.9 Å². The van der Waals surface area contributed by atoms with Gasteiger partial charge < -0.3 is 15.5 Å². The Morgan fingerprint density at radius 3 is 2.64 bits per heavy atom. The van der Waals surface area contributed by atoms with Crippen LogP contribution in [0.5, 0.6) is 0 Å². The number of aromatic nitrogens is 1. The van der Waals surface area contributed by atoms with Crippen LogP contribution in [0.1, 0.15) is 30.5 Å². The van der Waals surface area contributed by atoms with Crippen LogP contribution < -0.4 is 10.6 Å². The van der Waals surface area contributed by atoms with Crippen molar-refractivity contribution >= 4 is 5.91 Å². The predicted molar refractivity (Wildman–Crippen MR) is 111 cm³/mol. The van der Waals surface area contributed by atoms with Crippen LogP contribution in [0.3, 0.4) is 0 Å². The van der Waals surface area contributed by atoms with E-state index in [9.17, 15) is 4.79 Å². The molecule has 1 spiro atoms. The van der Waals surface area contributed by atoms with Crippen molar-refractivity contribution in [2.45, 2.75) is 38.3 Å². The summed E-state index contributed by atoms with van der Waals surface area (Å²) < 4.78 is 0. The molecule has 1 amide bonds. The molecule has 2 aromatic rings. The van der Waals surface area contributed by atoms with Crippen LogP contribution in [-0.4, -0.2) is 48.0 Å². The minimum atomic E-state index is -0.0717. The molecule has 3 heterocycles. The van der Waals surface area contributed by atoms with Gasteiger partial charge in [-0.3, -0.25) is 9.78 Å². The minimum absolute atomic E-state index is 0.0717. The first-order chi connectivity index (χ1) is 13.7. The van der Waals surface area contributed by atoms with Gasteiger partial charge in [-0.15, -0.1) is 0 Å². The summed E-state index contributed by atoms with van der Waals surface area (Å²) >= 11 is 0. The summed E-state index contributed by atoms with van der Waals surface area (Å²) in [6, 6.07) is 16.2. The van der Waals surface area contributed by atoms with Gasteiger partial charge in [0.05, 0.1) is 18.3 Å². The van der Waals surface area contributed by atoms with Crippen molar-refractivity contribution in [3.63, 3.8) is 0 Å². The molecule has 0 radical (unpaired) electrons. The molecule has 0 unspecified atom stereocenters. The smallest absolute Gasteiger partial charge is 0.240 e. The molecule has 148 valence electrons. The number of nitrogens with one attached hydrogen (secondary N) is 2. The van der Waals surface area contributed by atoms with Crippen LogP contribution in [0.25, 0.3) is 0 Å². The summed E-state index contributed by atoms with van der Waals surface area (Å²) in [4.78, 5) is 19.9. The molecule has 2 aliphatic rings. The molecule has 1 atom stereocenters. The number of carbonyl (C=O) groups is 1. The first-order valence-electron chi connectivity index (χ1n) is 10.4. The Hall–Kier alpha value is -2.24. The van der Waals surface area contributed by atoms with Gasteiger partial charge in [0.25, 0.3) is 0 Å². The molecule has 2 fully saturated rings. The van der Waals surface area contributed by atoms with Crippen LogP contribution in [0.4, 0.5) is 0 Å². The normalized spacial score (nSPS) is 20.9. The lowest BCUT2D eigenvalue weighted by atomic mass is 9.77. The zero-order chi connectivity index (χ0) is 19.2. The average Bonchev–Trinajstić information content (AvgIpc) is 3.16. The number of piperidine rings is 1. The molecule has 5 nitrogen and oxygen atoms in total. The fraction of sp³-hybridized carbons (Fsp3) is 0.478. The van der Waals surface area contributed by atoms with E-state index in [2.05, 4.69) is 39.9 Å². The van der Waals surface area contributed by atoms with Crippen molar-refractivity contribution in [3.8, 4) is 0 Å². The van der Waals surface area contributed by atoms with E-state index < -0.39 is 0 Å². The molecule has 0 saturated carbocycles. The van der Waals surface area contributed by atoms with E-state index in [0.29, 0.717) is 18.5 Å². The van der Waals surface area contributed by atoms with Crippen molar-refractivity contribution < 1.29 is 4.79 Å². The number of carbonyl (C=O) groups excluding carboxylic acids is 1. The van der Waals surface area contributed by atoms with Gasteiger partial charge in [0.15, 0.2) is 0 Å². The second-order valence-electron chi connectivity index (χ2n) is 8.20. The number of hydrogen-bond acceptors (Lipinski definition) is 4. The second kappa shape index (κ2) is 8.84. The lowest BCUT2D eigenvalue weighted by Crippen LogP contribution is -2.44. The molecular formula is C23H30N4O. The number of rotatable bonds is 6. The van der Waals surface area contributed by atoms with Gasteiger partial charge in [0, 0.05) is 19.3 Å². The standard InChI is InChI=1S/C23H30N4O/c28-22(21-16-23(18-26-21)10-13-24-14-11-23)27(17-20-8-4-5-12-25-20)15-9-19-6-2-1-3-7-19/h1-8,12,21,24,26H,9-11,13-18H2/t21-/m1/s1. The Balaban J connectivity index is 1.45. The molecular weight excluding hydrogens is 348 g/mol. The minimum Gasteiger partial charge on any atom is -0.335 e. The summed E-state index contributed by atoms with van der Waals surface area (Å²) in [5.41, 5.74) is 2.50. The molecule has 2 aliphatic heterocycles. The molecule has 2 saturated heterocycles. The average molecular weight is 379 g/mol. The van der Waals surface area contributed by atoms with Crippen LogP contribution in [0.15, 0.2) is 54.7 Å². The molecule has 0 bridgehead atoms. The maximum Gasteiger partial charge on any atom is 0.240 e. The van der Waals surface area contributed by atoms with Gasteiger partial charge >= 0.3 is 0 Å². The zero-order valence-corrected chi connectivity index (χ0v) is 16.4. The Kier molecular flexibility index (Phi) is 6.03. The number of amides is 1. The molecule has 4 rings (SSSR count). The highest BCUT2D eigenvalue weighted by atomic mass is 16.2. The highest BCUT2D eigenvalue weighted by Gasteiger charge is 2.43. The number of nitrogens with zero attached hydrogens (tertiary/aromatic N) is 2. The fourth-order valence-electron chi connectivity index (χ4n) is 4.51. The quantitative estimate of drug-likeness (QED) is 0.810. The van der Waals surface area contributed by atoms with Crippen molar-refractivity contribution in [3.05, 3.63) is 66.0 Å². The van der Waals surface area contributed by atoms with Crippen LogP contribution >= 0.6 is 0 Å². The first kappa shape index (κ1) is 19.1. The second-order valence-corrected chi connectivity index (χ2v) is 8.20. The topological polar surface area (TPSA) is 57.3 Å². The van der Waals surface area contributed by atoms with E-state index in [1.165, 1.54) is 5.56 Å². The van der Waals surface area contributed by atoms with Gasteiger partial charge in [-0.05, 0) is 61.9 Å². The van der Waals surface area contributed by atoms with E-state index in [1.807, 2.05) is 29.2 Å². The number of hydrogen-bond donors (Lipinski definition) is 2. The van der Waals surface area contributed by atoms with Crippen molar-refractivity contribution in [2.75, 3.05) is 26.2 Å². The Bertz CT molecular complexity index is 759. The van der Waals surface area contributed by atoms with Gasteiger partial charge in [0.1, 0.15) is 0 Å². The third kappa shape index (κ3) is 4.59. The maximum absolute atomic E-state index is 13.4. The van der Waals surface area contributed by atoms with Gasteiger partial charge in [-0.1, -0.05) is 36.4 Å². The highest BCUT2D eigenvalue weighted by molar-refractivity contribution is 5.82. The Labute approximate surface area is 167 Å². The molecule has 1 aromatic heterocycles. The van der Waals surface area contributed by atoms with Gasteiger partial charge in [-0.25, -0.2) is 0 Å².